The second kappa shape index (κ2) is 22.8. The van der Waals surface area contributed by atoms with Crippen LogP contribution in [-0.4, -0.2) is 137 Å². The zero-order valence-electron chi connectivity index (χ0n) is 46.8. The van der Waals surface area contributed by atoms with Crippen LogP contribution in [0.25, 0.3) is 55.3 Å². The average Bonchev–Trinajstić information content (AvgIpc) is 2.00. The Morgan fingerprint density at radius 1 is 0.845 bits per heavy atom. The number of aromatic nitrogens is 8. The summed E-state index contributed by atoms with van der Waals surface area (Å²) in [4.78, 5) is 46.3. The SMILES string of the molecule is Cc1c(F)cc2[nH]ncc2c1-c1c(C2CC2)cc2c(N3CC4CCC(C3)N4)nc(OC3CCOCC3)nc2c1OCc1ccc(-c2cn([C@H](C(=O)N3C[C@H](O)C[C@H]3C(=O)N[C@@H](CO)c3ccc(-c4c(F)cncc4F)cc3)C(C)C)nn2)cc1. The van der Waals surface area contributed by atoms with Crippen molar-refractivity contribution in [2.24, 2.45) is 5.92 Å². The van der Waals surface area contributed by atoms with Gasteiger partial charge < -0.3 is 44.9 Å². The maximum Gasteiger partial charge on any atom is 0.319 e. The van der Waals surface area contributed by atoms with Gasteiger partial charge in [-0.25, -0.2) is 17.9 Å². The number of anilines is 1. The minimum Gasteiger partial charge on any atom is -0.486 e. The Bertz CT molecular complexity index is 3750. The van der Waals surface area contributed by atoms with E-state index in [0.29, 0.717) is 82.9 Å². The fourth-order valence-electron chi connectivity index (χ4n) is 12.7. The van der Waals surface area contributed by atoms with Crippen LogP contribution in [0.4, 0.5) is 19.0 Å². The van der Waals surface area contributed by atoms with Gasteiger partial charge in [0, 0.05) is 78.4 Å². The number of piperazine rings is 1. The quantitative estimate of drug-likeness (QED) is 0.0579. The van der Waals surface area contributed by atoms with Gasteiger partial charge in [0.1, 0.15) is 47.6 Å². The first kappa shape index (κ1) is 55.2. The van der Waals surface area contributed by atoms with Gasteiger partial charge in [-0.2, -0.15) is 15.1 Å². The fourth-order valence-corrected chi connectivity index (χ4v) is 12.7. The monoisotopic (exact) mass is 1150 g/mol. The summed E-state index contributed by atoms with van der Waals surface area (Å²) in [6.45, 7) is 7.72. The number of pyridine rings is 1. The summed E-state index contributed by atoms with van der Waals surface area (Å²) in [5, 5.41) is 45.8. The third kappa shape index (κ3) is 10.7. The van der Waals surface area contributed by atoms with E-state index in [9.17, 15) is 28.6 Å². The van der Waals surface area contributed by atoms with Crippen LogP contribution >= 0.6 is 0 Å². The zero-order chi connectivity index (χ0) is 57.9. The van der Waals surface area contributed by atoms with Crippen LogP contribution in [0.15, 0.2) is 85.5 Å². The number of ether oxygens (including phenoxy) is 3. The highest BCUT2D eigenvalue weighted by Crippen LogP contribution is 2.53. The number of fused-ring (bicyclic) bond motifs is 4. The first-order valence-corrected chi connectivity index (χ1v) is 29.0. The summed E-state index contributed by atoms with van der Waals surface area (Å²) in [6, 6.07) is 15.4. The standard InChI is InChI=1S/C62H65F3N12O7/c1-32(2)57(61(81)76-28-41(79)20-52(76)60(80)69-51(30-78)37-10-12-38(13-11-37)54-47(64)24-66-25-48(54)65)77-29-50(73-74-77)36-6-4-34(5-7-36)31-83-58-55(53-33(3)46(63)22-49-45(53)23-67-72-49)43(35-8-9-35)21-44-56(58)70-62(84-42-16-18-82-19-17-42)71-59(44)75-26-39-14-15-40(27-75)68-39/h4-7,10-13,21-25,29,32,35,39-42,51-52,57,68,78-79H,8-9,14-20,26-28,30-31H2,1-3H3,(H,67,72)(H,69,80)/t39?,40?,41-,51+,52+,57+/m1/s1. The van der Waals surface area contributed by atoms with Gasteiger partial charge >= 0.3 is 6.01 Å². The Hall–Kier alpha value is -8.05. The van der Waals surface area contributed by atoms with Crippen molar-refractivity contribution >= 4 is 39.4 Å². The summed E-state index contributed by atoms with van der Waals surface area (Å²) in [5.74, 6) is -1.91. The third-order valence-corrected chi connectivity index (χ3v) is 17.2. The number of likely N-dealkylation sites (tertiary alicyclic amines) is 1. The number of hydrogen-bond acceptors (Lipinski definition) is 15. The van der Waals surface area contributed by atoms with E-state index in [1.807, 2.05) is 38.1 Å². The van der Waals surface area contributed by atoms with Gasteiger partial charge in [0.15, 0.2) is 17.4 Å². The molecule has 6 atom stereocenters. The van der Waals surface area contributed by atoms with E-state index >= 15 is 4.39 Å². The van der Waals surface area contributed by atoms with Gasteiger partial charge in [-0.05, 0) is 84.4 Å². The number of halogens is 3. The lowest BCUT2D eigenvalue weighted by Crippen LogP contribution is -2.51. The molecule has 5 aliphatic rings. The number of carbonyl (C=O) groups is 2. The molecule has 5 N–H and O–H groups in total. The van der Waals surface area contributed by atoms with Crippen LogP contribution in [0, 0.1) is 30.3 Å². The summed E-state index contributed by atoms with van der Waals surface area (Å²) in [6.07, 6.45) is 9.60. The van der Waals surface area contributed by atoms with E-state index < -0.39 is 54.3 Å². The van der Waals surface area contributed by atoms with Crippen LogP contribution in [0.5, 0.6) is 11.8 Å². The molecule has 2 unspecified atom stereocenters. The lowest BCUT2D eigenvalue weighted by Gasteiger charge is -2.35. The van der Waals surface area contributed by atoms with E-state index in [-0.39, 0.29) is 60.5 Å². The molecule has 4 saturated heterocycles. The molecule has 2 bridgehead atoms. The highest BCUT2D eigenvalue weighted by atomic mass is 19.1. The van der Waals surface area contributed by atoms with Crippen molar-refractivity contribution in [3.63, 3.8) is 0 Å². The smallest absolute Gasteiger partial charge is 0.319 e. The molecule has 1 saturated carbocycles. The molecule has 1 aliphatic carbocycles. The van der Waals surface area contributed by atoms with Crippen molar-refractivity contribution in [3.8, 4) is 45.3 Å². The molecule has 8 aromatic rings. The third-order valence-electron chi connectivity index (χ3n) is 17.2. The molecule has 2 amide bonds. The van der Waals surface area contributed by atoms with Gasteiger partial charge in [0.25, 0.3) is 0 Å². The van der Waals surface area contributed by atoms with Crippen molar-refractivity contribution < 1.29 is 47.2 Å². The molecule has 84 heavy (non-hydrogen) atoms. The number of benzene rings is 4. The van der Waals surface area contributed by atoms with Crippen molar-refractivity contribution in [1.82, 2.24) is 55.7 Å². The molecule has 4 aromatic heterocycles. The van der Waals surface area contributed by atoms with E-state index in [0.717, 1.165) is 84.4 Å². The lowest BCUT2D eigenvalue weighted by atomic mass is 9.88. The van der Waals surface area contributed by atoms with Gasteiger partial charge in [0.2, 0.25) is 11.8 Å². The van der Waals surface area contributed by atoms with Crippen LogP contribution in [0.3, 0.4) is 0 Å². The van der Waals surface area contributed by atoms with Crippen LogP contribution in [-0.2, 0) is 20.9 Å². The number of amides is 2. The Kier molecular flexibility index (Phi) is 15.0. The van der Waals surface area contributed by atoms with Crippen LogP contribution in [0.2, 0.25) is 0 Å². The highest BCUT2D eigenvalue weighted by Gasteiger charge is 2.44. The molecule has 0 radical (unpaired) electrons. The number of nitrogens with one attached hydrogen (secondary N) is 3. The predicted octanol–water partition coefficient (Wildman–Crippen LogP) is 8.18. The van der Waals surface area contributed by atoms with Crippen molar-refractivity contribution in [1.29, 1.82) is 0 Å². The van der Waals surface area contributed by atoms with Crippen molar-refractivity contribution in [2.45, 2.75) is 121 Å². The summed E-state index contributed by atoms with van der Waals surface area (Å²) >= 11 is 0. The highest BCUT2D eigenvalue weighted by molar-refractivity contribution is 6.06. The Morgan fingerprint density at radius 3 is 2.27 bits per heavy atom. The second-order valence-corrected chi connectivity index (χ2v) is 23.3. The first-order chi connectivity index (χ1) is 40.8. The summed E-state index contributed by atoms with van der Waals surface area (Å²) < 4.78 is 66.1. The number of hydrogen-bond donors (Lipinski definition) is 5. The molecule has 8 heterocycles. The molecule has 5 fully saturated rings. The lowest BCUT2D eigenvalue weighted by molar-refractivity contribution is -0.142. The zero-order valence-corrected chi connectivity index (χ0v) is 46.8. The van der Waals surface area contributed by atoms with E-state index in [2.05, 4.69) is 47.1 Å². The molecular formula is C62H65F3N12O7. The number of aliphatic hydroxyl groups excluding tert-OH is 2. The number of carbonyl (C=O) groups excluding carboxylic acids is 2. The minimum atomic E-state index is -1.08. The molecule has 13 rings (SSSR count). The maximum absolute atomic E-state index is 16.2. The molecular weight excluding hydrogens is 1080 g/mol. The number of rotatable bonds is 17. The number of β-amino-alcohol motifs (C(OH)–C–C–N with tert-alkyl or cyclic N) is 1. The molecule has 22 heteroatoms. The minimum absolute atomic E-state index is 0.0426. The van der Waals surface area contributed by atoms with E-state index in [1.165, 1.54) is 27.8 Å². The van der Waals surface area contributed by atoms with E-state index in [1.54, 1.807) is 31.5 Å². The number of aromatic amines is 1. The summed E-state index contributed by atoms with van der Waals surface area (Å²) in [7, 11) is 0. The Morgan fingerprint density at radius 2 is 1.57 bits per heavy atom. The normalized spacial score (nSPS) is 20.7. The van der Waals surface area contributed by atoms with Crippen molar-refractivity contribution in [3.05, 3.63) is 125 Å². The Balaban J connectivity index is 0.780. The predicted molar refractivity (Wildman–Crippen MR) is 305 cm³/mol. The van der Waals surface area contributed by atoms with E-state index in [4.69, 9.17) is 24.2 Å². The molecule has 4 aliphatic heterocycles. The molecule has 4 aromatic carbocycles. The largest absolute Gasteiger partial charge is 0.486 e. The van der Waals surface area contributed by atoms with Gasteiger partial charge in [0.05, 0.1) is 67.8 Å². The van der Waals surface area contributed by atoms with Crippen molar-refractivity contribution in [2.75, 3.05) is 44.4 Å². The molecule has 0 spiro atoms. The van der Waals surface area contributed by atoms with Gasteiger partial charge in [-0.1, -0.05) is 67.6 Å². The number of nitrogens with zero attached hydrogens (tertiary/aromatic N) is 9. The topological polar surface area (TPSA) is 231 Å². The molecule has 436 valence electrons. The number of H-pyrrole nitrogens is 1. The Labute approximate surface area is 481 Å². The van der Waals surface area contributed by atoms with Gasteiger partial charge in [-0.3, -0.25) is 19.7 Å². The summed E-state index contributed by atoms with van der Waals surface area (Å²) in [5.41, 5.74) is 6.58. The van der Waals surface area contributed by atoms with Gasteiger partial charge in [-0.15, -0.1) is 5.10 Å². The molecule has 19 nitrogen and oxygen atoms in total. The van der Waals surface area contributed by atoms with Crippen LogP contribution < -0.4 is 25.0 Å². The average molecular weight is 1150 g/mol. The maximum atomic E-state index is 16.2. The first-order valence-electron chi connectivity index (χ1n) is 29.0. The van der Waals surface area contributed by atoms with Crippen LogP contribution in [0.1, 0.15) is 99.0 Å². The second-order valence-electron chi connectivity index (χ2n) is 23.3. The fraction of sp³-hybridized carbons (Fsp3) is 0.419. The number of aliphatic hydroxyl groups is 2.